The molecule has 0 radical (unpaired) electrons. The lowest BCUT2D eigenvalue weighted by Crippen LogP contribution is -2.11. The number of hydrogen-bond donors (Lipinski definition) is 0. The summed E-state index contributed by atoms with van der Waals surface area (Å²) in [6.07, 6.45) is 0. The fourth-order valence-corrected chi connectivity index (χ4v) is 9.43. The van der Waals surface area contributed by atoms with Gasteiger partial charge in [0.2, 0.25) is 0 Å². The van der Waals surface area contributed by atoms with Crippen molar-refractivity contribution in [3.63, 3.8) is 0 Å². The number of anilines is 3. The zero-order chi connectivity index (χ0) is 42.0. The lowest BCUT2D eigenvalue weighted by Gasteiger charge is -2.29. The molecule has 0 fully saturated rings. The summed E-state index contributed by atoms with van der Waals surface area (Å²) in [5.41, 5.74) is 17.6. The van der Waals surface area contributed by atoms with Crippen molar-refractivity contribution >= 4 is 38.6 Å². The molecule has 0 saturated heterocycles. The van der Waals surface area contributed by atoms with Crippen LogP contribution in [0.15, 0.2) is 261 Å². The minimum Gasteiger partial charge on any atom is -0.310 e. The normalized spacial score (nSPS) is 11.2. The number of fused-ring (bicyclic) bond motifs is 3. The van der Waals surface area contributed by atoms with Crippen molar-refractivity contribution in [2.24, 2.45) is 0 Å². The molecule has 0 aromatic heterocycles. The van der Waals surface area contributed by atoms with Gasteiger partial charge in [-0.1, -0.05) is 231 Å². The summed E-state index contributed by atoms with van der Waals surface area (Å²) < 4.78 is 0. The SMILES string of the molecule is c1ccc(-c2ccc(N(c3ccc(-c4cccc5c4c(-c4ccccc4)c(-c4ccccc4)c4ccccc45)cc3)c3ccccc3-c3ccccc3)cc2-c2ccccc2)cc1. The first kappa shape index (κ1) is 37.7. The maximum Gasteiger partial charge on any atom is 0.0540 e. The number of rotatable bonds is 9. The fourth-order valence-electron chi connectivity index (χ4n) is 9.43. The molecule has 0 aliphatic carbocycles. The Bertz CT molecular complexity index is 3340. The molecule has 1 heteroatoms. The van der Waals surface area contributed by atoms with Crippen LogP contribution in [0.3, 0.4) is 0 Å². The quantitative estimate of drug-likeness (QED) is 0.131. The Morgan fingerprint density at radius 2 is 0.651 bits per heavy atom. The molecule has 1 nitrogen and oxygen atoms in total. The van der Waals surface area contributed by atoms with Crippen molar-refractivity contribution in [2.75, 3.05) is 4.90 Å². The lowest BCUT2D eigenvalue weighted by molar-refractivity contribution is 1.28. The molecule has 63 heavy (non-hydrogen) atoms. The smallest absolute Gasteiger partial charge is 0.0540 e. The van der Waals surface area contributed by atoms with E-state index in [-0.39, 0.29) is 0 Å². The highest BCUT2D eigenvalue weighted by Gasteiger charge is 2.22. The molecule has 0 unspecified atom stereocenters. The van der Waals surface area contributed by atoms with Gasteiger partial charge >= 0.3 is 0 Å². The van der Waals surface area contributed by atoms with E-state index in [1.165, 1.54) is 77.2 Å². The third-order valence-corrected chi connectivity index (χ3v) is 12.3. The molecule has 0 saturated carbocycles. The molecule has 0 spiro atoms. The number of para-hydroxylation sites is 1. The number of nitrogens with zero attached hydrogens (tertiary/aromatic N) is 1. The third-order valence-electron chi connectivity index (χ3n) is 12.3. The van der Waals surface area contributed by atoms with Crippen LogP contribution in [0.1, 0.15) is 0 Å². The lowest BCUT2D eigenvalue weighted by atomic mass is 9.82. The van der Waals surface area contributed by atoms with Crippen LogP contribution < -0.4 is 4.90 Å². The van der Waals surface area contributed by atoms with Gasteiger partial charge in [0.15, 0.2) is 0 Å². The standard InChI is InChI=1S/C62H43N/c1-6-21-44(22-7-1)52-42-41-51(43-58(52)46-25-10-3-11-26-46)63(59-36-19-18-31-53(59)45-23-8-2-9-24-45)50-39-37-47(38-40-50)54-34-20-35-57-55-32-16-17-33-56(55)60(48-27-12-4-13-28-48)61(62(54)57)49-29-14-5-15-30-49/h1-43H. The van der Waals surface area contributed by atoms with Crippen LogP contribution in [0.5, 0.6) is 0 Å². The van der Waals surface area contributed by atoms with E-state index in [0.29, 0.717) is 0 Å². The zero-order valence-corrected chi connectivity index (χ0v) is 34.8. The summed E-state index contributed by atoms with van der Waals surface area (Å²) in [4.78, 5) is 2.42. The van der Waals surface area contributed by atoms with Gasteiger partial charge in [-0.25, -0.2) is 0 Å². The van der Waals surface area contributed by atoms with E-state index in [2.05, 4.69) is 266 Å². The van der Waals surface area contributed by atoms with Gasteiger partial charge in [-0.05, 0) is 113 Å². The second-order valence-corrected chi connectivity index (χ2v) is 16.0. The largest absolute Gasteiger partial charge is 0.310 e. The van der Waals surface area contributed by atoms with Crippen LogP contribution in [-0.2, 0) is 0 Å². The van der Waals surface area contributed by atoms with Crippen LogP contribution in [0, 0.1) is 0 Å². The van der Waals surface area contributed by atoms with E-state index < -0.39 is 0 Å². The van der Waals surface area contributed by atoms with Crippen LogP contribution in [0.25, 0.3) is 88.3 Å². The average Bonchev–Trinajstić information content (AvgIpc) is 3.37. The predicted molar refractivity (Wildman–Crippen MR) is 269 cm³/mol. The summed E-state index contributed by atoms with van der Waals surface area (Å²) in [6.45, 7) is 0. The van der Waals surface area contributed by atoms with Gasteiger partial charge in [-0.15, -0.1) is 0 Å². The van der Waals surface area contributed by atoms with Gasteiger partial charge < -0.3 is 4.90 Å². The van der Waals surface area contributed by atoms with E-state index in [4.69, 9.17) is 0 Å². The van der Waals surface area contributed by atoms with E-state index in [0.717, 1.165) is 28.2 Å². The fraction of sp³-hybridized carbons (Fsp3) is 0. The van der Waals surface area contributed by atoms with Gasteiger partial charge in [0.1, 0.15) is 0 Å². The monoisotopic (exact) mass is 801 g/mol. The van der Waals surface area contributed by atoms with Gasteiger partial charge in [0.05, 0.1) is 5.69 Å². The molecule has 11 aromatic rings. The minimum absolute atomic E-state index is 1.08. The summed E-state index contributed by atoms with van der Waals surface area (Å²) >= 11 is 0. The molecule has 0 heterocycles. The molecule has 0 N–H and O–H groups in total. The molecule has 0 amide bonds. The highest BCUT2D eigenvalue weighted by Crippen LogP contribution is 2.49. The first-order valence-corrected chi connectivity index (χ1v) is 21.7. The van der Waals surface area contributed by atoms with E-state index in [1.54, 1.807) is 0 Å². The first-order chi connectivity index (χ1) is 31.3. The summed E-state index contributed by atoms with van der Waals surface area (Å²) in [5.74, 6) is 0. The average molecular weight is 802 g/mol. The summed E-state index contributed by atoms with van der Waals surface area (Å²) in [6, 6.07) is 94.6. The molecular weight excluding hydrogens is 759 g/mol. The zero-order valence-electron chi connectivity index (χ0n) is 34.8. The molecule has 0 aliphatic heterocycles. The Morgan fingerprint density at radius 1 is 0.222 bits per heavy atom. The first-order valence-electron chi connectivity index (χ1n) is 21.7. The van der Waals surface area contributed by atoms with Crippen LogP contribution in [0.2, 0.25) is 0 Å². The molecule has 0 bridgehead atoms. The Morgan fingerprint density at radius 3 is 1.27 bits per heavy atom. The summed E-state index contributed by atoms with van der Waals surface area (Å²) in [7, 11) is 0. The molecule has 11 rings (SSSR count). The summed E-state index contributed by atoms with van der Waals surface area (Å²) in [5, 5.41) is 5.00. The van der Waals surface area contributed by atoms with Crippen molar-refractivity contribution < 1.29 is 0 Å². The maximum absolute atomic E-state index is 2.42. The van der Waals surface area contributed by atoms with Gasteiger partial charge in [-0.2, -0.15) is 0 Å². The van der Waals surface area contributed by atoms with Crippen molar-refractivity contribution in [3.05, 3.63) is 261 Å². The molecule has 11 aromatic carbocycles. The van der Waals surface area contributed by atoms with Crippen LogP contribution >= 0.6 is 0 Å². The molecule has 296 valence electrons. The molecule has 0 aliphatic rings. The minimum atomic E-state index is 1.08. The van der Waals surface area contributed by atoms with Crippen LogP contribution in [0.4, 0.5) is 17.1 Å². The van der Waals surface area contributed by atoms with Crippen LogP contribution in [-0.4, -0.2) is 0 Å². The van der Waals surface area contributed by atoms with Crippen molar-refractivity contribution in [1.29, 1.82) is 0 Å². The molecule has 0 atom stereocenters. The Kier molecular flexibility index (Phi) is 9.97. The third kappa shape index (κ3) is 7.06. The van der Waals surface area contributed by atoms with Crippen molar-refractivity contribution in [2.45, 2.75) is 0 Å². The Labute approximate surface area is 369 Å². The van der Waals surface area contributed by atoms with Gasteiger partial charge in [0, 0.05) is 16.9 Å². The Balaban J connectivity index is 1.13. The van der Waals surface area contributed by atoms with Crippen molar-refractivity contribution in [1.82, 2.24) is 0 Å². The second kappa shape index (κ2) is 16.7. The van der Waals surface area contributed by atoms with E-state index in [9.17, 15) is 0 Å². The van der Waals surface area contributed by atoms with E-state index in [1.807, 2.05) is 0 Å². The highest BCUT2D eigenvalue weighted by atomic mass is 15.1. The van der Waals surface area contributed by atoms with Gasteiger partial charge in [0.25, 0.3) is 0 Å². The maximum atomic E-state index is 2.42. The van der Waals surface area contributed by atoms with Crippen molar-refractivity contribution in [3.8, 4) is 66.8 Å². The second-order valence-electron chi connectivity index (χ2n) is 16.0. The van der Waals surface area contributed by atoms with E-state index >= 15 is 0 Å². The topological polar surface area (TPSA) is 3.24 Å². The highest BCUT2D eigenvalue weighted by molar-refractivity contribution is 6.25. The number of benzene rings is 11. The Hall–Kier alpha value is -8.26. The predicted octanol–water partition coefficient (Wildman–Crippen LogP) is 17.5. The van der Waals surface area contributed by atoms with Gasteiger partial charge in [-0.3, -0.25) is 0 Å². The molecular formula is C62H43N. The number of hydrogen-bond acceptors (Lipinski definition) is 1.